The number of unbranched alkanes of at least 4 members (excludes halogenated alkanes) is 1. The van der Waals surface area contributed by atoms with Gasteiger partial charge in [-0.3, -0.25) is 9.69 Å². The Bertz CT molecular complexity index is 797. The van der Waals surface area contributed by atoms with Crippen molar-refractivity contribution in [3.63, 3.8) is 0 Å². The third-order valence-electron chi connectivity index (χ3n) is 5.93. The predicted octanol–water partition coefficient (Wildman–Crippen LogP) is 4.99. The topological polar surface area (TPSA) is 59.0 Å². The second-order valence-electron chi connectivity index (χ2n) is 7.93. The maximum Gasteiger partial charge on any atom is 0.320 e. The van der Waals surface area contributed by atoms with Gasteiger partial charge >= 0.3 is 5.97 Å². The Kier molecular flexibility index (Phi) is 8.29. The van der Waals surface area contributed by atoms with Gasteiger partial charge in [0.25, 0.3) is 0 Å². The molecule has 162 valence electrons. The van der Waals surface area contributed by atoms with Crippen LogP contribution in [0.2, 0.25) is 0 Å². The SMILES string of the molecule is CCCCC(C(=O)O)N1CCC(OCc2ccccc2-c2ccc(OC)cc2)CC1. The molecule has 0 radical (unpaired) electrons. The quantitative estimate of drug-likeness (QED) is 0.597. The summed E-state index contributed by atoms with van der Waals surface area (Å²) in [6.45, 7) is 4.23. The van der Waals surface area contributed by atoms with Crippen LogP contribution in [0.5, 0.6) is 5.75 Å². The minimum absolute atomic E-state index is 0.172. The first kappa shape index (κ1) is 22.3. The summed E-state index contributed by atoms with van der Waals surface area (Å²) < 4.78 is 11.5. The molecule has 1 heterocycles. The molecule has 2 aromatic rings. The fraction of sp³-hybridized carbons (Fsp3) is 0.480. The highest BCUT2D eigenvalue weighted by molar-refractivity contribution is 5.73. The number of benzene rings is 2. The highest BCUT2D eigenvalue weighted by atomic mass is 16.5. The van der Waals surface area contributed by atoms with Crippen molar-refractivity contribution in [3.8, 4) is 16.9 Å². The van der Waals surface area contributed by atoms with Gasteiger partial charge in [-0.2, -0.15) is 0 Å². The molecule has 1 saturated heterocycles. The molecule has 1 N–H and O–H groups in total. The van der Waals surface area contributed by atoms with Crippen LogP contribution in [0.1, 0.15) is 44.6 Å². The minimum atomic E-state index is -0.698. The van der Waals surface area contributed by atoms with Gasteiger partial charge < -0.3 is 14.6 Å². The molecule has 1 unspecified atom stereocenters. The van der Waals surface area contributed by atoms with Gasteiger partial charge in [0, 0.05) is 13.1 Å². The highest BCUT2D eigenvalue weighted by Crippen LogP contribution is 2.27. The first-order valence-corrected chi connectivity index (χ1v) is 10.9. The summed E-state index contributed by atoms with van der Waals surface area (Å²) in [6.07, 6.45) is 4.63. The largest absolute Gasteiger partial charge is 0.497 e. The molecule has 1 aliphatic rings. The molecule has 30 heavy (non-hydrogen) atoms. The average Bonchev–Trinajstić information content (AvgIpc) is 2.79. The molecule has 1 fully saturated rings. The van der Waals surface area contributed by atoms with Crippen LogP contribution in [-0.2, 0) is 16.1 Å². The number of aliphatic carboxylic acids is 1. The van der Waals surface area contributed by atoms with Gasteiger partial charge in [0.1, 0.15) is 11.8 Å². The summed E-state index contributed by atoms with van der Waals surface area (Å²) in [6, 6.07) is 16.0. The monoisotopic (exact) mass is 411 g/mol. The number of carbonyl (C=O) groups is 1. The van der Waals surface area contributed by atoms with Gasteiger partial charge in [0.05, 0.1) is 19.8 Å². The summed E-state index contributed by atoms with van der Waals surface area (Å²) in [5, 5.41) is 9.56. The van der Waals surface area contributed by atoms with E-state index in [4.69, 9.17) is 9.47 Å². The van der Waals surface area contributed by atoms with E-state index in [-0.39, 0.29) is 12.1 Å². The number of ether oxygens (including phenoxy) is 2. The van der Waals surface area contributed by atoms with E-state index in [2.05, 4.69) is 36.1 Å². The molecule has 5 nitrogen and oxygen atoms in total. The van der Waals surface area contributed by atoms with Gasteiger partial charge in [-0.15, -0.1) is 0 Å². The number of nitrogens with zero attached hydrogens (tertiary/aromatic N) is 1. The van der Waals surface area contributed by atoms with Crippen LogP contribution >= 0.6 is 0 Å². The molecular formula is C25H33NO4. The zero-order chi connectivity index (χ0) is 21.3. The van der Waals surface area contributed by atoms with Crippen LogP contribution < -0.4 is 4.74 Å². The number of hydrogen-bond acceptors (Lipinski definition) is 4. The van der Waals surface area contributed by atoms with Crippen LogP contribution in [0.15, 0.2) is 48.5 Å². The lowest BCUT2D eigenvalue weighted by atomic mass is 9.99. The first-order valence-electron chi connectivity index (χ1n) is 10.9. The van der Waals surface area contributed by atoms with Gasteiger partial charge in [-0.25, -0.2) is 0 Å². The number of piperidine rings is 1. The second-order valence-corrected chi connectivity index (χ2v) is 7.93. The average molecular weight is 412 g/mol. The van der Waals surface area contributed by atoms with Crippen molar-refractivity contribution in [2.75, 3.05) is 20.2 Å². The Hall–Kier alpha value is -2.37. The minimum Gasteiger partial charge on any atom is -0.497 e. The van der Waals surface area contributed by atoms with Crippen molar-refractivity contribution in [3.05, 3.63) is 54.1 Å². The lowest BCUT2D eigenvalue weighted by molar-refractivity contribution is -0.145. The molecule has 3 rings (SSSR count). The normalized spacial score (nSPS) is 16.3. The van der Waals surface area contributed by atoms with Crippen molar-refractivity contribution >= 4 is 5.97 Å². The molecule has 0 spiro atoms. The number of carboxylic acid groups (broad SMARTS) is 1. The third kappa shape index (κ3) is 5.83. The van der Waals surface area contributed by atoms with Crippen molar-refractivity contribution in [2.24, 2.45) is 0 Å². The van der Waals surface area contributed by atoms with Crippen LogP contribution in [0.25, 0.3) is 11.1 Å². The summed E-state index contributed by atoms with van der Waals surface area (Å²) in [4.78, 5) is 13.7. The van der Waals surface area contributed by atoms with Crippen molar-refractivity contribution < 1.29 is 19.4 Å². The predicted molar refractivity (Wildman–Crippen MR) is 119 cm³/mol. The highest BCUT2D eigenvalue weighted by Gasteiger charge is 2.29. The molecule has 0 amide bonds. The summed E-state index contributed by atoms with van der Waals surface area (Å²) in [5.74, 6) is 0.147. The molecule has 5 heteroatoms. The summed E-state index contributed by atoms with van der Waals surface area (Å²) in [5.41, 5.74) is 3.48. The van der Waals surface area contributed by atoms with Crippen molar-refractivity contribution in [2.45, 2.75) is 57.8 Å². The summed E-state index contributed by atoms with van der Waals surface area (Å²) in [7, 11) is 1.67. The van der Waals surface area contributed by atoms with Gasteiger partial charge in [-0.05, 0) is 48.1 Å². The molecule has 2 aromatic carbocycles. The molecule has 0 aliphatic carbocycles. The van der Waals surface area contributed by atoms with Gasteiger partial charge in [-0.1, -0.05) is 56.2 Å². The molecule has 0 saturated carbocycles. The number of hydrogen-bond donors (Lipinski definition) is 1. The lowest BCUT2D eigenvalue weighted by Gasteiger charge is -2.35. The van der Waals surface area contributed by atoms with Crippen LogP contribution in [0, 0.1) is 0 Å². The molecular weight excluding hydrogens is 378 g/mol. The number of rotatable bonds is 10. The Balaban J connectivity index is 1.56. The van der Waals surface area contributed by atoms with Gasteiger partial charge in [0.15, 0.2) is 0 Å². The second kappa shape index (κ2) is 11.1. The number of likely N-dealkylation sites (tertiary alicyclic amines) is 1. The Morgan fingerprint density at radius 1 is 1.13 bits per heavy atom. The smallest absolute Gasteiger partial charge is 0.320 e. The summed E-state index contributed by atoms with van der Waals surface area (Å²) >= 11 is 0. The lowest BCUT2D eigenvalue weighted by Crippen LogP contribution is -2.47. The molecule has 1 atom stereocenters. The molecule has 0 aromatic heterocycles. The maximum absolute atomic E-state index is 11.6. The van der Waals surface area contributed by atoms with Crippen LogP contribution in [0.4, 0.5) is 0 Å². The standard InChI is InChI=1S/C25H33NO4/c1-3-4-9-24(25(27)28)26-16-14-22(15-17-26)30-18-20-7-5-6-8-23(20)19-10-12-21(29-2)13-11-19/h5-8,10-13,22,24H,3-4,9,14-18H2,1-2H3,(H,27,28). The van der Waals surface area contributed by atoms with E-state index in [1.807, 2.05) is 24.3 Å². The van der Waals surface area contributed by atoms with E-state index in [9.17, 15) is 9.90 Å². The fourth-order valence-electron chi connectivity index (χ4n) is 4.12. The van der Waals surface area contributed by atoms with E-state index in [1.165, 1.54) is 5.56 Å². The van der Waals surface area contributed by atoms with E-state index >= 15 is 0 Å². The zero-order valence-corrected chi connectivity index (χ0v) is 18.0. The van der Waals surface area contributed by atoms with E-state index < -0.39 is 5.97 Å². The first-order chi connectivity index (χ1) is 14.6. The van der Waals surface area contributed by atoms with Crippen molar-refractivity contribution in [1.82, 2.24) is 4.90 Å². The van der Waals surface area contributed by atoms with E-state index in [0.717, 1.165) is 62.1 Å². The number of carboxylic acids is 1. The molecule has 0 bridgehead atoms. The third-order valence-corrected chi connectivity index (χ3v) is 5.93. The Labute approximate surface area is 179 Å². The van der Waals surface area contributed by atoms with Gasteiger partial charge in [0.2, 0.25) is 0 Å². The number of methoxy groups -OCH3 is 1. The van der Waals surface area contributed by atoms with Crippen molar-refractivity contribution in [1.29, 1.82) is 0 Å². The van der Waals surface area contributed by atoms with E-state index in [0.29, 0.717) is 6.61 Å². The van der Waals surface area contributed by atoms with Crippen LogP contribution in [0.3, 0.4) is 0 Å². The molecule has 1 aliphatic heterocycles. The Morgan fingerprint density at radius 2 is 1.83 bits per heavy atom. The Morgan fingerprint density at radius 3 is 2.47 bits per heavy atom. The zero-order valence-electron chi connectivity index (χ0n) is 18.0. The van der Waals surface area contributed by atoms with E-state index in [1.54, 1.807) is 7.11 Å². The maximum atomic E-state index is 11.6. The fourth-order valence-corrected chi connectivity index (χ4v) is 4.12. The van der Waals surface area contributed by atoms with Crippen LogP contribution in [-0.4, -0.2) is 48.3 Å².